The summed E-state index contributed by atoms with van der Waals surface area (Å²) in [4.78, 5) is 10.7. The van der Waals surface area contributed by atoms with E-state index in [0.717, 1.165) is 0 Å². The second kappa shape index (κ2) is 4.81. The number of halogens is 2. The molecule has 0 saturated heterocycles. The Morgan fingerprint density at radius 1 is 1.36 bits per heavy atom. The van der Waals surface area contributed by atoms with Gasteiger partial charge in [-0.05, 0) is 17.7 Å². The largest absolute Gasteiger partial charge is 0.388 e. The molecule has 1 atom stereocenters. The minimum absolute atomic E-state index is 0.276. The summed E-state index contributed by atoms with van der Waals surface area (Å²) < 4.78 is 24.3. The van der Waals surface area contributed by atoms with E-state index < -0.39 is 24.4 Å². The van der Waals surface area contributed by atoms with Crippen LogP contribution in [0, 0.1) is 5.82 Å². The lowest BCUT2D eigenvalue weighted by Crippen LogP contribution is -2.07. The van der Waals surface area contributed by atoms with Gasteiger partial charge in [-0.1, -0.05) is 12.1 Å². The summed E-state index contributed by atoms with van der Waals surface area (Å²) >= 11 is 0. The third-order valence-corrected chi connectivity index (χ3v) is 1.82. The van der Waals surface area contributed by atoms with Crippen LogP contribution < -0.4 is 0 Å². The van der Waals surface area contributed by atoms with Crippen LogP contribution in [0.5, 0.6) is 0 Å². The first-order valence-corrected chi connectivity index (χ1v) is 4.14. The van der Waals surface area contributed by atoms with Crippen molar-refractivity contribution >= 4 is 5.78 Å². The number of carbonyl (C=O) groups is 1. The number of benzene rings is 1. The Hall–Kier alpha value is -1.29. The van der Waals surface area contributed by atoms with E-state index in [1.54, 1.807) is 0 Å². The van der Waals surface area contributed by atoms with Gasteiger partial charge in [0.2, 0.25) is 0 Å². The molecule has 0 aliphatic heterocycles. The molecule has 0 aliphatic carbocycles. The number of Topliss-reactive ketones (excluding diaryl/α,β-unsaturated/α-hetero) is 1. The third kappa shape index (κ3) is 2.88. The third-order valence-electron chi connectivity index (χ3n) is 1.82. The Kier molecular flexibility index (Phi) is 3.71. The fourth-order valence-corrected chi connectivity index (χ4v) is 1.07. The highest BCUT2D eigenvalue weighted by molar-refractivity contribution is 5.80. The maximum atomic E-state index is 12.5. The van der Waals surface area contributed by atoms with E-state index in [-0.39, 0.29) is 6.42 Å². The molecule has 14 heavy (non-hydrogen) atoms. The second-order valence-electron chi connectivity index (χ2n) is 2.94. The van der Waals surface area contributed by atoms with Gasteiger partial charge in [-0.25, -0.2) is 8.78 Å². The molecule has 1 rings (SSSR count). The van der Waals surface area contributed by atoms with Crippen LogP contribution in [0.25, 0.3) is 0 Å². The Labute approximate surface area is 80.2 Å². The Bertz CT molecular complexity index is 308. The van der Waals surface area contributed by atoms with Gasteiger partial charge in [-0.3, -0.25) is 4.79 Å². The van der Waals surface area contributed by atoms with Gasteiger partial charge in [0.05, 0.1) is 6.10 Å². The van der Waals surface area contributed by atoms with Gasteiger partial charge in [0.25, 0.3) is 0 Å². The molecule has 1 aromatic carbocycles. The fourth-order valence-electron chi connectivity index (χ4n) is 1.07. The molecule has 0 amide bonds. The van der Waals surface area contributed by atoms with Gasteiger partial charge in [0, 0.05) is 6.42 Å². The predicted octanol–water partition coefficient (Wildman–Crippen LogP) is 1.79. The van der Waals surface area contributed by atoms with Gasteiger partial charge in [0.15, 0.2) is 5.78 Å². The Morgan fingerprint density at radius 2 is 1.93 bits per heavy atom. The molecule has 0 saturated carbocycles. The van der Waals surface area contributed by atoms with Crippen LogP contribution in [0.4, 0.5) is 8.78 Å². The summed E-state index contributed by atoms with van der Waals surface area (Å²) in [5.74, 6) is -1.08. The predicted molar refractivity (Wildman–Crippen MR) is 47.0 cm³/mol. The van der Waals surface area contributed by atoms with Crippen molar-refractivity contribution in [3.8, 4) is 0 Å². The van der Waals surface area contributed by atoms with Crippen LogP contribution in [0.1, 0.15) is 18.1 Å². The maximum absolute atomic E-state index is 12.5. The highest BCUT2D eigenvalue weighted by atomic mass is 19.1. The lowest BCUT2D eigenvalue weighted by Gasteiger charge is -2.08. The van der Waals surface area contributed by atoms with Crippen molar-refractivity contribution in [3.63, 3.8) is 0 Å². The normalized spacial score (nSPS) is 12.5. The van der Waals surface area contributed by atoms with E-state index in [4.69, 9.17) is 0 Å². The molecule has 4 heteroatoms. The number of hydrogen-bond acceptors (Lipinski definition) is 2. The zero-order chi connectivity index (χ0) is 10.6. The molecule has 1 N–H and O–H groups in total. The number of hydrogen-bond donors (Lipinski definition) is 1. The summed E-state index contributed by atoms with van der Waals surface area (Å²) in [6, 6.07) is 5.09. The van der Waals surface area contributed by atoms with Crippen molar-refractivity contribution < 1.29 is 18.7 Å². The monoisotopic (exact) mass is 200 g/mol. The number of aliphatic hydroxyl groups is 1. The van der Waals surface area contributed by atoms with E-state index in [9.17, 15) is 18.7 Å². The molecule has 2 nitrogen and oxygen atoms in total. The summed E-state index contributed by atoms with van der Waals surface area (Å²) in [7, 11) is 0. The molecular formula is C10H10F2O2. The summed E-state index contributed by atoms with van der Waals surface area (Å²) in [5.41, 5.74) is 0.410. The Morgan fingerprint density at radius 3 is 2.43 bits per heavy atom. The lowest BCUT2D eigenvalue weighted by molar-refractivity contribution is -0.121. The molecule has 76 valence electrons. The SMILES string of the molecule is O=C(CF)CC(O)c1ccc(F)cc1. The molecule has 0 aliphatic rings. The van der Waals surface area contributed by atoms with Crippen LogP contribution in [-0.2, 0) is 4.79 Å². The van der Waals surface area contributed by atoms with Crippen LogP contribution in [0.2, 0.25) is 0 Å². The average Bonchev–Trinajstić information content (AvgIpc) is 2.18. The highest BCUT2D eigenvalue weighted by Gasteiger charge is 2.12. The van der Waals surface area contributed by atoms with E-state index >= 15 is 0 Å². The van der Waals surface area contributed by atoms with Gasteiger partial charge in [-0.2, -0.15) is 0 Å². The summed E-state index contributed by atoms with van der Waals surface area (Å²) in [5, 5.41) is 9.40. The van der Waals surface area contributed by atoms with Gasteiger partial charge >= 0.3 is 0 Å². The Balaban J connectivity index is 2.65. The zero-order valence-electron chi connectivity index (χ0n) is 7.41. The van der Waals surface area contributed by atoms with Crippen LogP contribution in [0.15, 0.2) is 24.3 Å². The number of aliphatic hydroxyl groups excluding tert-OH is 1. The van der Waals surface area contributed by atoms with Crippen LogP contribution in [-0.4, -0.2) is 17.6 Å². The molecular weight excluding hydrogens is 190 g/mol. The average molecular weight is 200 g/mol. The molecule has 0 heterocycles. The number of carbonyl (C=O) groups excluding carboxylic acids is 1. The summed E-state index contributed by atoms with van der Waals surface area (Å²) in [6.45, 7) is -1.09. The van der Waals surface area contributed by atoms with Crippen molar-refractivity contribution in [1.82, 2.24) is 0 Å². The second-order valence-corrected chi connectivity index (χ2v) is 2.94. The van der Waals surface area contributed by atoms with E-state index in [2.05, 4.69) is 0 Å². The quantitative estimate of drug-likeness (QED) is 0.804. The fraction of sp³-hybridized carbons (Fsp3) is 0.300. The molecule has 0 aromatic heterocycles. The molecule has 1 aromatic rings. The maximum Gasteiger partial charge on any atom is 0.166 e. The zero-order valence-corrected chi connectivity index (χ0v) is 7.41. The summed E-state index contributed by atoms with van der Waals surface area (Å²) in [6.07, 6.45) is -1.33. The van der Waals surface area contributed by atoms with Crippen LogP contribution >= 0.6 is 0 Å². The van der Waals surface area contributed by atoms with Crippen molar-refractivity contribution in [2.24, 2.45) is 0 Å². The highest BCUT2D eigenvalue weighted by Crippen LogP contribution is 2.17. The van der Waals surface area contributed by atoms with Crippen molar-refractivity contribution in [2.75, 3.05) is 6.67 Å². The first-order chi connectivity index (χ1) is 6.63. The van der Waals surface area contributed by atoms with Gasteiger partial charge < -0.3 is 5.11 Å². The minimum atomic E-state index is -1.09. The standard InChI is InChI=1S/C10H10F2O2/c11-6-9(13)5-10(14)7-1-3-8(12)4-2-7/h1-4,10,14H,5-6H2. The molecule has 1 unspecified atom stereocenters. The van der Waals surface area contributed by atoms with Crippen molar-refractivity contribution in [1.29, 1.82) is 0 Å². The molecule has 0 bridgehead atoms. The van der Waals surface area contributed by atoms with Crippen molar-refractivity contribution in [3.05, 3.63) is 35.6 Å². The minimum Gasteiger partial charge on any atom is -0.388 e. The lowest BCUT2D eigenvalue weighted by atomic mass is 10.0. The van der Waals surface area contributed by atoms with Crippen molar-refractivity contribution in [2.45, 2.75) is 12.5 Å². The first-order valence-electron chi connectivity index (χ1n) is 4.14. The molecule has 0 fully saturated rings. The number of alkyl halides is 1. The molecule has 0 spiro atoms. The molecule has 0 radical (unpaired) electrons. The van der Waals surface area contributed by atoms with Crippen LogP contribution in [0.3, 0.4) is 0 Å². The van der Waals surface area contributed by atoms with Gasteiger partial charge in [-0.15, -0.1) is 0 Å². The van der Waals surface area contributed by atoms with E-state index in [1.807, 2.05) is 0 Å². The van der Waals surface area contributed by atoms with Gasteiger partial charge in [0.1, 0.15) is 12.5 Å². The topological polar surface area (TPSA) is 37.3 Å². The number of ketones is 1. The smallest absolute Gasteiger partial charge is 0.166 e. The van der Waals surface area contributed by atoms with E-state index in [0.29, 0.717) is 5.56 Å². The van der Waals surface area contributed by atoms with E-state index in [1.165, 1.54) is 24.3 Å². The number of rotatable bonds is 4. The first kappa shape index (κ1) is 10.8.